The lowest BCUT2D eigenvalue weighted by molar-refractivity contribution is -0.141. The average molecular weight is 863 g/mol. The number of ether oxygens (including phenoxy) is 3. The number of ketones is 1. The van der Waals surface area contributed by atoms with Crippen LogP contribution in [-0.4, -0.2) is 108 Å². The summed E-state index contributed by atoms with van der Waals surface area (Å²) < 4.78 is 30.7. The van der Waals surface area contributed by atoms with Crippen LogP contribution in [0.3, 0.4) is 0 Å². The normalized spacial score (nSPS) is 25.7. The molecule has 3 aromatic rings. The second kappa shape index (κ2) is 18.6. The van der Waals surface area contributed by atoms with E-state index in [0.717, 1.165) is 50.1 Å². The first-order chi connectivity index (χ1) is 28.7. The van der Waals surface area contributed by atoms with Gasteiger partial charge in [-0.3, -0.25) is 14.4 Å². The summed E-state index contributed by atoms with van der Waals surface area (Å²) in [6.45, 7) is 7.47. The van der Waals surface area contributed by atoms with Gasteiger partial charge in [0.2, 0.25) is 11.8 Å². The summed E-state index contributed by atoms with van der Waals surface area (Å²) in [5.74, 6) is -0.102. The molecule has 0 radical (unpaired) electrons. The number of pyridine rings is 1. The van der Waals surface area contributed by atoms with Crippen molar-refractivity contribution in [1.82, 2.24) is 25.5 Å². The van der Waals surface area contributed by atoms with Gasteiger partial charge in [-0.2, -0.15) is 0 Å². The van der Waals surface area contributed by atoms with Crippen LogP contribution < -0.4 is 25.4 Å². The molecule has 3 amide bonds. The number of amides is 3. The van der Waals surface area contributed by atoms with E-state index in [-0.39, 0.29) is 49.4 Å². The molecule has 5 atom stereocenters. The lowest BCUT2D eigenvalue weighted by atomic mass is 10.0. The van der Waals surface area contributed by atoms with Crippen molar-refractivity contribution in [2.24, 2.45) is 5.92 Å². The Morgan fingerprint density at radius 2 is 1.82 bits per heavy atom. The number of rotatable bonds is 12. The largest absolute Gasteiger partial charge is 0.497 e. The molecular formula is C44H59N6O8PS. The summed E-state index contributed by atoms with van der Waals surface area (Å²) in [6.07, 6.45) is 10.6. The summed E-state index contributed by atoms with van der Waals surface area (Å²) in [7, 11) is -0.899. The minimum absolute atomic E-state index is 0.0559. The number of nitrogens with one attached hydrogen (secondary N) is 3. The number of hydrogen-bond acceptors (Lipinski definition) is 12. The van der Waals surface area contributed by atoms with Crippen molar-refractivity contribution < 1.29 is 38.0 Å². The van der Waals surface area contributed by atoms with Crippen molar-refractivity contribution in [2.45, 2.75) is 127 Å². The van der Waals surface area contributed by atoms with E-state index in [2.05, 4.69) is 22.0 Å². The highest BCUT2D eigenvalue weighted by atomic mass is 32.1. The number of nitrogens with zero attached hydrogens (tertiary/aromatic N) is 3. The zero-order valence-electron chi connectivity index (χ0n) is 35.4. The number of benzene rings is 1. The smallest absolute Gasteiger partial charge is 0.408 e. The van der Waals surface area contributed by atoms with Crippen LogP contribution in [0.4, 0.5) is 9.93 Å². The first kappa shape index (κ1) is 43.6. The molecule has 3 fully saturated rings. The minimum atomic E-state index is -2.49. The maximum absolute atomic E-state index is 14.8. The zero-order valence-corrected chi connectivity index (χ0v) is 37.1. The molecule has 1 aromatic carbocycles. The zero-order chi connectivity index (χ0) is 42.6. The average Bonchev–Trinajstić information content (AvgIpc) is 3.64. The van der Waals surface area contributed by atoms with Gasteiger partial charge in [0, 0.05) is 53.9 Å². The molecule has 7 rings (SSSR count). The van der Waals surface area contributed by atoms with E-state index in [0.29, 0.717) is 53.1 Å². The first-order valence-electron chi connectivity index (χ1n) is 21.4. The third-order valence-corrected chi connectivity index (χ3v) is 14.0. The molecule has 4 aliphatic rings. The van der Waals surface area contributed by atoms with Crippen LogP contribution >= 0.6 is 18.5 Å². The highest BCUT2D eigenvalue weighted by molar-refractivity contribution is 7.62. The number of anilines is 1. The van der Waals surface area contributed by atoms with Crippen LogP contribution in [-0.2, 0) is 23.7 Å². The van der Waals surface area contributed by atoms with Gasteiger partial charge in [0.1, 0.15) is 47.0 Å². The molecule has 0 spiro atoms. The predicted molar refractivity (Wildman–Crippen MR) is 234 cm³/mol. The summed E-state index contributed by atoms with van der Waals surface area (Å²) in [6, 6.07) is 5.62. The Kier molecular flexibility index (Phi) is 13.5. The van der Waals surface area contributed by atoms with Crippen LogP contribution in [0, 0.1) is 5.92 Å². The van der Waals surface area contributed by atoms with E-state index in [1.807, 2.05) is 49.6 Å². The van der Waals surface area contributed by atoms with Gasteiger partial charge in [-0.05, 0) is 90.7 Å². The van der Waals surface area contributed by atoms with Gasteiger partial charge in [0.25, 0.3) is 0 Å². The number of methoxy groups -OCH3 is 1. The van der Waals surface area contributed by atoms with E-state index in [1.165, 1.54) is 16.2 Å². The number of fused-ring (bicyclic) bond motifs is 3. The van der Waals surface area contributed by atoms with Gasteiger partial charge in [-0.1, -0.05) is 25.0 Å². The Balaban J connectivity index is 1.21. The number of Topliss-reactive ketones (excluding diaryl/α,β-unsaturated/α-hetero) is 1. The molecule has 324 valence electrons. The second-order valence-electron chi connectivity index (χ2n) is 17.5. The van der Waals surface area contributed by atoms with Gasteiger partial charge < -0.3 is 39.6 Å². The first-order valence-corrected chi connectivity index (χ1v) is 25.1. The number of aromatic nitrogens is 2. The van der Waals surface area contributed by atoms with E-state index >= 15 is 0 Å². The molecule has 16 heteroatoms. The van der Waals surface area contributed by atoms with Crippen LogP contribution in [0.15, 0.2) is 41.8 Å². The summed E-state index contributed by atoms with van der Waals surface area (Å²) >= 11 is 1.48. The monoisotopic (exact) mass is 862 g/mol. The number of allylic oxidation sites excluding steroid dienone is 1. The Hall–Kier alpha value is -4.49. The van der Waals surface area contributed by atoms with E-state index in [9.17, 15) is 23.7 Å². The van der Waals surface area contributed by atoms with Gasteiger partial charge in [-0.25, -0.2) is 14.8 Å². The van der Waals surface area contributed by atoms with Crippen LogP contribution in [0.1, 0.15) is 90.9 Å². The number of carbonyl (C=O) groups is 4. The van der Waals surface area contributed by atoms with Gasteiger partial charge in [-0.15, -0.1) is 11.3 Å². The van der Waals surface area contributed by atoms with Crippen molar-refractivity contribution in [3.8, 4) is 22.9 Å². The van der Waals surface area contributed by atoms with Gasteiger partial charge in [0.15, 0.2) is 10.9 Å². The molecule has 2 aliphatic carbocycles. The quantitative estimate of drug-likeness (QED) is 0.121. The van der Waals surface area contributed by atoms with Crippen molar-refractivity contribution in [3.05, 3.63) is 41.8 Å². The lowest BCUT2D eigenvalue weighted by Crippen LogP contribution is -2.56. The van der Waals surface area contributed by atoms with Crippen molar-refractivity contribution in [3.63, 3.8) is 0 Å². The topological polar surface area (TPSA) is 178 Å². The molecule has 60 heavy (non-hydrogen) atoms. The fraction of sp³-hybridized carbons (Fsp3) is 0.591. The van der Waals surface area contributed by atoms with E-state index in [4.69, 9.17) is 24.2 Å². The summed E-state index contributed by atoms with van der Waals surface area (Å²) in [5.41, 5.74) is 0.723. The second-order valence-corrected chi connectivity index (χ2v) is 22.0. The van der Waals surface area contributed by atoms with Crippen molar-refractivity contribution in [1.29, 1.82) is 0 Å². The number of carbonyl (C=O) groups excluding carboxylic acids is 4. The predicted octanol–water partition coefficient (Wildman–Crippen LogP) is 7.55. The molecule has 1 saturated heterocycles. The SMILES string of the molecule is COc1ccc2c(O[C@@H]3C[C@H]4C(=O)N[C@]5(C(=O)CCP(C)(C)=O)C[C@H]5/C=C\CCCCC[C@H](NC(=O)OC5CCCC5)C(=O)N4C3)cc(-c3csc(NC(C)C)n3)nc2c1. The number of thiazole rings is 1. The Bertz CT molecular complexity index is 2150. The fourth-order valence-corrected chi connectivity index (χ4v) is 10.2. The maximum atomic E-state index is 14.8. The Morgan fingerprint density at radius 3 is 2.57 bits per heavy atom. The van der Waals surface area contributed by atoms with Crippen LogP contribution in [0.2, 0.25) is 0 Å². The Labute approximate surface area is 356 Å². The molecular weight excluding hydrogens is 804 g/mol. The molecule has 3 N–H and O–H groups in total. The standard InChI is InChI=1S/C44H59N6O8PS/c1-27(2)45-42-47-36(26-60-42)35-23-38(32-18-17-30(56-3)21-34(32)46-35)57-31-22-37-40(52)49-44(39(51)19-20-59(4,5)55)24-28(44)13-9-7-6-8-10-16-33(41(53)50(37)25-31)48-43(54)58-29-14-11-12-15-29/h9,13,17-18,21,23,26-29,31,33,37H,6-8,10-12,14-16,19-20,22,24-25H2,1-5H3,(H,45,47)(H,48,54)(H,49,52)/b13-9-/t28-,31-,33+,37+,44-/m1/s1. The van der Waals surface area contributed by atoms with Crippen molar-refractivity contribution in [2.75, 3.05) is 38.5 Å². The lowest BCUT2D eigenvalue weighted by Gasteiger charge is -2.30. The van der Waals surface area contributed by atoms with Crippen LogP contribution in [0.25, 0.3) is 22.3 Å². The minimum Gasteiger partial charge on any atom is -0.497 e. The number of hydrogen-bond donors (Lipinski definition) is 3. The highest BCUT2D eigenvalue weighted by Gasteiger charge is 2.60. The molecule has 0 bridgehead atoms. The highest BCUT2D eigenvalue weighted by Crippen LogP contribution is 2.48. The van der Waals surface area contributed by atoms with Gasteiger partial charge in [0.05, 0.1) is 32.0 Å². The molecule has 2 aromatic heterocycles. The Morgan fingerprint density at radius 1 is 1.03 bits per heavy atom. The molecule has 2 aliphatic heterocycles. The third-order valence-electron chi connectivity index (χ3n) is 11.9. The fourth-order valence-electron chi connectivity index (χ4n) is 8.58. The van der Waals surface area contributed by atoms with Gasteiger partial charge >= 0.3 is 6.09 Å². The summed E-state index contributed by atoms with van der Waals surface area (Å²) in [4.78, 5) is 67.8. The maximum Gasteiger partial charge on any atom is 0.408 e. The third kappa shape index (κ3) is 10.5. The number of alkyl carbamates (subject to hydrolysis) is 1. The van der Waals surface area contributed by atoms with Crippen molar-refractivity contribution >= 4 is 58.2 Å². The summed E-state index contributed by atoms with van der Waals surface area (Å²) in [5, 5.41) is 12.7. The van der Waals surface area contributed by atoms with E-state index < -0.39 is 48.8 Å². The molecule has 0 unspecified atom stereocenters. The van der Waals surface area contributed by atoms with E-state index in [1.54, 1.807) is 20.4 Å². The molecule has 2 saturated carbocycles. The van der Waals surface area contributed by atoms with Crippen LogP contribution in [0.5, 0.6) is 11.5 Å². The molecule has 14 nitrogen and oxygen atoms in total. The molecule has 4 heterocycles.